The van der Waals surface area contributed by atoms with Gasteiger partial charge in [0.25, 0.3) is 0 Å². The lowest BCUT2D eigenvalue weighted by Crippen LogP contribution is -2.26. The number of hydrogen-bond donors (Lipinski definition) is 1. The van der Waals surface area contributed by atoms with Gasteiger partial charge in [-0.2, -0.15) is 5.26 Å². The number of anilines is 1. The molecule has 0 bridgehead atoms. The quantitative estimate of drug-likeness (QED) is 0.793. The Bertz CT molecular complexity index is 393. The largest absolute Gasteiger partial charge is 0.366 e. The lowest BCUT2D eigenvalue weighted by Gasteiger charge is -2.23. The van der Waals surface area contributed by atoms with Gasteiger partial charge in [-0.05, 0) is 18.8 Å². The zero-order valence-electron chi connectivity index (χ0n) is 10.2. The van der Waals surface area contributed by atoms with Crippen molar-refractivity contribution in [2.45, 2.75) is 45.1 Å². The van der Waals surface area contributed by atoms with Gasteiger partial charge in [0.2, 0.25) is 0 Å². The molecule has 4 nitrogen and oxygen atoms in total. The van der Waals surface area contributed by atoms with Crippen molar-refractivity contribution in [1.82, 2.24) is 9.97 Å². The van der Waals surface area contributed by atoms with E-state index >= 15 is 0 Å². The van der Waals surface area contributed by atoms with E-state index in [4.69, 9.17) is 5.26 Å². The maximum absolute atomic E-state index is 8.66. The maximum Gasteiger partial charge on any atom is 0.158 e. The molecule has 1 fully saturated rings. The van der Waals surface area contributed by atoms with Crippen LogP contribution in [0.1, 0.15) is 44.7 Å². The first kappa shape index (κ1) is 11.8. The number of aromatic nitrogens is 2. The fourth-order valence-corrected chi connectivity index (χ4v) is 2.36. The van der Waals surface area contributed by atoms with Gasteiger partial charge in [-0.1, -0.05) is 26.2 Å². The van der Waals surface area contributed by atoms with Crippen molar-refractivity contribution in [2.24, 2.45) is 5.92 Å². The van der Waals surface area contributed by atoms with Gasteiger partial charge >= 0.3 is 0 Å². The third-order valence-electron chi connectivity index (χ3n) is 3.46. The number of rotatable bonds is 2. The SMILES string of the molecule is CC1CCCCCC1Nc1cnc(C#N)cn1. The highest BCUT2D eigenvalue weighted by molar-refractivity contribution is 5.34. The molecule has 0 aliphatic heterocycles. The van der Waals surface area contributed by atoms with Crippen LogP contribution < -0.4 is 5.32 Å². The number of nitriles is 1. The second kappa shape index (κ2) is 5.62. The Labute approximate surface area is 102 Å². The molecule has 4 heteroatoms. The van der Waals surface area contributed by atoms with Crippen LogP contribution in [0.3, 0.4) is 0 Å². The molecule has 0 spiro atoms. The van der Waals surface area contributed by atoms with Crippen LogP contribution in [0, 0.1) is 17.2 Å². The van der Waals surface area contributed by atoms with Crippen LogP contribution in [0.4, 0.5) is 5.82 Å². The Morgan fingerprint density at radius 2 is 2.06 bits per heavy atom. The Morgan fingerprint density at radius 1 is 1.24 bits per heavy atom. The molecule has 1 aromatic heterocycles. The van der Waals surface area contributed by atoms with Crippen LogP contribution in [0.2, 0.25) is 0 Å². The lowest BCUT2D eigenvalue weighted by atomic mass is 9.97. The van der Waals surface area contributed by atoms with E-state index in [0.717, 1.165) is 5.82 Å². The zero-order chi connectivity index (χ0) is 12.1. The van der Waals surface area contributed by atoms with Gasteiger partial charge in [0.15, 0.2) is 5.69 Å². The molecule has 2 rings (SSSR count). The molecule has 1 aliphatic carbocycles. The molecule has 2 atom stereocenters. The summed E-state index contributed by atoms with van der Waals surface area (Å²) in [5.41, 5.74) is 0.365. The number of nitrogens with zero attached hydrogens (tertiary/aromatic N) is 3. The molecule has 1 N–H and O–H groups in total. The van der Waals surface area contributed by atoms with Crippen molar-refractivity contribution in [3.63, 3.8) is 0 Å². The van der Waals surface area contributed by atoms with Gasteiger partial charge in [0.05, 0.1) is 12.4 Å². The fourth-order valence-electron chi connectivity index (χ4n) is 2.36. The Hall–Kier alpha value is -1.63. The maximum atomic E-state index is 8.66. The molecule has 17 heavy (non-hydrogen) atoms. The highest BCUT2D eigenvalue weighted by Crippen LogP contribution is 2.25. The summed E-state index contributed by atoms with van der Waals surface area (Å²) in [6.45, 7) is 2.29. The average Bonchev–Trinajstić information content (AvgIpc) is 2.56. The molecule has 0 radical (unpaired) electrons. The van der Waals surface area contributed by atoms with Crippen molar-refractivity contribution in [3.05, 3.63) is 18.1 Å². The Kier molecular flexibility index (Phi) is 3.92. The Balaban J connectivity index is 2.01. The van der Waals surface area contributed by atoms with Gasteiger partial charge < -0.3 is 5.32 Å². The third kappa shape index (κ3) is 3.16. The highest BCUT2D eigenvalue weighted by atomic mass is 15.0. The smallest absolute Gasteiger partial charge is 0.158 e. The minimum atomic E-state index is 0.365. The van der Waals surface area contributed by atoms with E-state index in [1.54, 1.807) is 6.20 Å². The first-order chi connectivity index (χ1) is 8.29. The minimum Gasteiger partial charge on any atom is -0.366 e. The van der Waals surface area contributed by atoms with Crippen molar-refractivity contribution < 1.29 is 0 Å². The topological polar surface area (TPSA) is 61.6 Å². The molecule has 0 amide bonds. The van der Waals surface area contributed by atoms with Gasteiger partial charge in [0, 0.05) is 6.04 Å². The molecule has 1 aromatic rings. The van der Waals surface area contributed by atoms with Crippen LogP contribution in [0.25, 0.3) is 0 Å². The van der Waals surface area contributed by atoms with Crippen molar-refractivity contribution in [3.8, 4) is 6.07 Å². The summed E-state index contributed by atoms with van der Waals surface area (Å²) in [5, 5.41) is 12.1. The lowest BCUT2D eigenvalue weighted by molar-refractivity contribution is 0.455. The summed E-state index contributed by atoms with van der Waals surface area (Å²) in [5.74, 6) is 1.46. The van der Waals surface area contributed by atoms with Crippen LogP contribution in [-0.4, -0.2) is 16.0 Å². The summed E-state index contributed by atoms with van der Waals surface area (Å²) >= 11 is 0. The van der Waals surface area contributed by atoms with Crippen LogP contribution in [0.5, 0.6) is 0 Å². The molecule has 90 valence electrons. The zero-order valence-corrected chi connectivity index (χ0v) is 10.2. The van der Waals surface area contributed by atoms with Crippen molar-refractivity contribution in [1.29, 1.82) is 5.26 Å². The molecule has 1 aliphatic rings. The number of hydrogen-bond acceptors (Lipinski definition) is 4. The van der Waals surface area contributed by atoms with E-state index in [-0.39, 0.29) is 0 Å². The third-order valence-corrected chi connectivity index (χ3v) is 3.46. The normalized spacial score (nSPS) is 24.7. The van der Waals surface area contributed by atoms with E-state index < -0.39 is 0 Å². The molecule has 1 saturated carbocycles. The van der Waals surface area contributed by atoms with Gasteiger partial charge in [-0.15, -0.1) is 0 Å². The summed E-state index contributed by atoms with van der Waals surface area (Å²) in [6, 6.07) is 2.46. The van der Waals surface area contributed by atoms with E-state index in [1.807, 2.05) is 6.07 Å². The summed E-state index contributed by atoms with van der Waals surface area (Å²) in [6.07, 6.45) is 9.59. The standard InChI is InChI=1S/C13H18N4/c1-10-5-3-2-4-6-12(10)17-13-9-15-11(7-14)8-16-13/h8-10,12H,2-6H2,1H3,(H,16,17). The van der Waals surface area contributed by atoms with Crippen LogP contribution >= 0.6 is 0 Å². The molecular weight excluding hydrogens is 212 g/mol. The predicted molar refractivity (Wildman–Crippen MR) is 66.4 cm³/mol. The fraction of sp³-hybridized carbons (Fsp3) is 0.615. The molecule has 0 aromatic carbocycles. The number of nitrogens with one attached hydrogen (secondary N) is 1. The average molecular weight is 230 g/mol. The first-order valence-corrected chi connectivity index (χ1v) is 6.28. The van der Waals surface area contributed by atoms with Gasteiger partial charge in [-0.3, -0.25) is 0 Å². The van der Waals surface area contributed by atoms with Gasteiger partial charge in [0.1, 0.15) is 11.9 Å². The first-order valence-electron chi connectivity index (χ1n) is 6.28. The second-order valence-electron chi connectivity index (χ2n) is 4.76. The monoisotopic (exact) mass is 230 g/mol. The molecule has 2 unspecified atom stereocenters. The summed E-state index contributed by atoms with van der Waals surface area (Å²) < 4.78 is 0. The van der Waals surface area contributed by atoms with Crippen molar-refractivity contribution in [2.75, 3.05) is 5.32 Å². The predicted octanol–water partition coefficient (Wildman–Crippen LogP) is 2.73. The highest BCUT2D eigenvalue weighted by Gasteiger charge is 2.19. The van der Waals surface area contributed by atoms with Crippen molar-refractivity contribution >= 4 is 5.82 Å². The summed E-state index contributed by atoms with van der Waals surface area (Å²) in [7, 11) is 0. The minimum absolute atomic E-state index is 0.365. The van der Waals surface area contributed by atoms with E-state index in [0.29, 0.717) is 17.7 Å². The molecule has 0 saturated heterocycles. The van der Waals surface area contributed by atoms with E-state index in [1.165, 1.54) is 38.3 Å². The van der Waals surface area contributed by atoms with Crippen LogP contribution in [0.15, 0.2) is 12.4 Å². The molecule has 1 heterocycles. The summed E-state index contributed by atoms with van der Waals surface area (Å²) in [4.78, 5) is 8.24. The Morgan fingerprint density at radius 3 is 2.76 bits per heavy atom. The van der Waals surface area contributed by atoms with E-state index in [2.05, 4.69) is 22.2 Å². The van der Waals surface area contributed by atoms with E-state index in [9.17, 15) is 0 Å². The van der Waals surface area contributed by atoms with Gasteiger partial charge in [-0.25, -0.2) is 9.97 Å². The molecular formula is C13H18N4. The van der Waals surface area contributed by atoms with Crippen LogP contribution in [-0.2, 0) is 0 Å². The second-order valence-corrected chi connectivity index (χ2v) is 4.76.